The summed E-state index contributed by atoms with van der Waals surface area (Å²) in [6, 6.07) is 19.4. The zero-order chi connectivity index (χ0) is 16.8. The second-order valence-electron chi connectivity index (χ2n) is 5.25. The number of thiophene rings is 1. The fraction of sp³-hybridized carbons (Fsp3) is 0.0500. The molecule has 3 aromatic rings. The Balaban J connectivity index is 1.78. The lowest BCUT2D eigenvalue weighted by Crippen LogP contribution is -2.27. The average Bonchev–Trinajstić information content (AvgIpc) is 3.14. The maximum absolute atomic E-state index is 13.2. The maximum Gasteiger partial charge on any atom is 0.244 e. The van der Waals surface area contributed by atoms with Crippen LogP contribution in [0.2, 0.25) is 0 Å². The molecule has 0 radical (unpaired) electrons. The molecule has 1 aromatic heterocycles. The van der Waals surface area contributed by atoms with Crippen molar-refractivity contribution in [1.82, 2.24) is 5.32 Å². The van der Waals surface area contributed by atoms with Gasteiger partial charge in [-0.15, -0.1) is 11.3 Å². The lowest BCUT2D eigenvalue weighted by atomic mass is 10.1. The minimum absolute atomic E-state index is 0.193. The molecule has 2 aromatic carbocycles. The third-order valence-corrected chi connectivity index (χ3v) is 4.48. The van der Waals surface area contributed by atoms with Crippen LogP contribution in [0.1, 0.15) is 22.0 Å². The topological polar surface area (TPSA) is 29.1 Å². The average molecular weight is 337 g/mol. The molecule has 0 saturated carbocycles. The van der Waals surface area contributed by atoms with Gasteiger partial charge in [-0.1, -0.05) is 48.5 Å². The molecule has 24 heavy (non-hydrogen) atoms. The van der Waals surface area contributed by atoms with E-state index in [2.05, 4.69) is 5.32 Å². The van der Waals surface area contributed by atoms with E-state index in [0.717, 1.165) is 16.0 Å². The molecule has 0 spiro atoms. The number of rotatable bonds is 5. The molecule has 3 rings (SSSR count). The summed E-state index contributed by atoms with van der Waals surface area (Å²) >= 11 is 1.55. The first-order valence-corrected chi connectivity index (χ1v) is 8.43. The minimum Gasteiger partial charge on any atom is -0.341 e. The molecule has 0 fully saturated rings. The zero-order valence-corrected chi connectivity index (χ0v) is 13.7. The molecule has 0 saturated heterocycles. The Morgan fingerprint density at radius 3 is 2.42 bits per heavy atom. The third-order valence-electron chi connectivity index (χ3n) is 3.54. The van der Waals surface area contributed by atoms with Crippen LogP contribution in [0.4, 0.5) is 4.39 Å². The number of nitrogens with one attached hydrogen (secondary N) is 1. The normalized spacial score (nSPS) is 12.2. The van der Waals surface area contributed by atoms with Gasteiger partial charge in [-0.25, -0.2) is 4.39 Å². The molecule has 1 heterocycles. The predicted octanol–water partition coefficient (Wildman–Crippen LogP) is 4.81. The van der Waals surface area contributed by atoms with Gasteiger partial charge in [0.15, 0.2) is 0 Å². The molecule has 0 aliphatic heterocycles. The Morgan fingerprint density at radius 2 is 1.75 bits per heavy atom. The van der Waals surface area contributed by atoms with Crippen molar-refractivity contribution in [3.8, 4) is 0 Å². The first-order chi connectivity index (χ1) is 11.7. The fourth-order valence-corrected chi connectivity index (χ4v) is 3.16. The van der Waals surface area contributed by atoms with Crippen LogP contribution in [0.15, 0.2) is 78.2 Å². The lowest BCUT2D eigenvalue weighted by Gasteiger charge is -2.17. The molecule has 4 heteroatoms. The highest BCUT2D eigenvalue weighted by Crippen LogP contribution is 2.26. The summed E-state index contributed by atoms with van der Waals surface area (Å²) in [7, 11) is 0. The standard InChI is InChI=1S/C20H16FNOS/c21-17-11-9-16(10-12-17)20(18-7-4-14-24-18)22-19(23)13-8-15-5-2-1-3-6-15/h1-14,20H,(H,22,23)/b13-8+. The number of hydrogen-bond acceptors (Lipinski definition) is 2. The van der Waals surface area contributed by atoms with Crippen molar-refractivity contribution in [1.29, 1.82) is 0 Å². The van der Waals surface area contributed by atoms with Gasteiger partial charge in [0, 0.05) is 11.0 Å². The summed E-state index contributed by atoms with van der Waals surface area (Å²) in [5.41, 5.74) is 1.81. The molecule has 0 aliphatic rings. The van der Waals surface area contributed by atoms with Crippen molar-refractivity contribution < 1.29 is 9.18 Å². The van der Waals surface area contributed by atoms with Crippen LogP contribution in [0.25, 0.3) is 6.08 Å². The van der Waals surface area contributed by atoms with Gasteiger partial charge in [0.2, 0.25) is 5.91 Å². The van der Waals surface area contributed by atoms with E-state index >= 15 is 0 Å². The number of benzene rings is 2. The van der Waals surface area contributed by atoms with Crippen LogP contribution in [-0.4, -0.2) is 5.91 Å². The SMILES string of the molecule is O=C(/C=C/c1ccccc1)NC(c1ccc(F)cc1)c1cccs1. The van der Waals surface area contributed by atoms with Crippen LogP contribution in [0.5, 0.6) is 0 Å². The fourth-order valence-electron chi connectivity index (χ4n) is 2.36. The van der Waals surface area contributed by atoms with Crippen LogP contribution in [0.3, 0.4) is 0 Å². The molecule has 1 unspecified atom stereocenters. The molecule has 2 nitrogen and oxygen atoms in total. The van der Waals surface area contributed by atoms with Crippen LogP contribution >= 0.6 is 11.3 Å². The molecular formula is C20H16FNOS. The second kappa shape index (κ2) is 7.70. The van der Waals surface area contributed by atoms with Crippen LogP contribution in [-0.2, 0) is 4.79 Å². The van der Waals surface area contributed by atoms with Crippen molar-refractivity contribution in [3.63, 3.8) is 0 Å². The summed E-state index contributed by atoms with van der Waals surface area (Å²) in [4.78, 5) is 13.3. The summed E-state index contributed by atoms with van der Waals surface area (Å²) in [5, 5.41) is 4.94. The van der Waals surface area contributed by atoms with Gasteiger partial charge < -0.3 is 5.32 Å². The largest absolute Gasteiger partial charge is 0.341 e. The van der Waals surface area contributed by atoms with Gasteiger partial charge >= 0.3 is 0 Å². The molecular weight excluding hydrogens is 321 g/mol. The number of hydrogen-bond donors (Lipinski definition) is 1. The van der Waals surface area contributed by atoms with E-state index in [4.69, 9.17) is 0 Å². The Bertz CT molecular complexity index is 811. The number of carbonyl (C=O) groups excluding carboxylic acids is 1. The van der Waals surface area contributed by atoms with E-state index in [1.165, 1.54) is 18.2 Å². The highest BCUT2D eigenvalue weighted by molar-refractivity contribution is 7.10. The minimum atomic E-state index is -0.293. The van der Waals surface area contributed by atoms with E-state index in [1.807, 2.05) is 47.8 Å². The van der Waals surface area contributed by atoms with E-state index < -0.39 is 0 Å². The van der Waals surface area contributed by atoms with Crippen molar-refractivity contribution in [2.45, 2.75) is 6.04 Å². The summed E-state index contributed by atoms with van der Waals surface area (Å²) in [6.07, 6.45) is 3.28. The number of amides is 1. The molecule has 1 amide bonds. The Morgan fingerprint density at radius 1 is 1.00 bits per heavy atom. The summed E-state index contributed by atoms with van der Waals surface area (Å²) < 4.78 is 13.2. The highest BCUT2D eigenvalue weighted by Gasteiger charge is 2.16. The zero-order valence-electron chi connectivity index (χ0n) is 12.9. The van der Waals surface area contributed by atoms with Crippen molar-refractivity contribution in [2.75, 3.05) is 0 Å². The molecule has 0 bridgehead atoms. The Kier molecular flexibility index (Phi) is 5.18. The second-order valence-corrected chi connectivity index (χ2v) is 6.23. The highest BCUT2D eigenvalue weighted by atomic mass is 32.1. The van der Waals surface area contributed by atoms with Crippen LogP contribution in [0, 0.1) is 5.82 Å². The molecule has 1 atom stereocenters. The first kappa shape index (κ1) is 16.1. The Hall–Kier alpha value is -2.72. The Labute approximate surface area is 144 Å². The first-order valence-electron chi connectivity index (χ1n) is 7.55. The maximum atomic E-state index is 13.2. The van der Waals surface area contributed by atoms with Crippen molar-refractivity contribution >= 4 is 23.3 Å². The quantitative estimate of drug-likeness (QED) is 0.665. The van der Waals surface area contributed by atoms with Gasteiger partial charge in [-0.3, -0.25) is 4.79 Å². The predicted molar refractivity (Wildman–Crippen MR) is 96.2 cm³/mol. The van der Waals surface area contributed by atoms with E-state index in [9.17, 15) is 9.18 Å². The van der Waals surface area contributed by atoms with Crippen molar-refractivity contribution in [2.24, 2.45) is 0 Å². The lowest BCUT2D eigenvalue weighted by molar-refractivity contribution is -0.116. The number of carbonyl (C=O) groups is 1. The summed E-state index contributed by atoms with van der Waals surface area (Å²) in [5.74, 6) is -0.486. The van der Waals surface area contributed by atoms with Gasteiger partial charge in [-0.2, -0.15) is 0 Å². The van der Waals surface area contributed by atoms with Gasteiger partial charge in [0.1, 0.15) is 5.82 Å². The number of halogens is 1. The smallest absolute Gasteiger partial charge is 0.244 e. The third kappa shape index (κ3) is 4.18. The van der Waals surface area contributed by atoms with Crippen molar-refractivity contribution in [3.05, 3.63) is 100 Å². The molecule has 1 N–H and O–H groups in total. The van der Waals surface area contributed by atoms with E-state index in [0.29, 0.717) is 0 Å². The van der Waals surface area contributed by atoms with Gasteiger partial charge in [0.05, 0.1) is 6.04 Å². The molecule has 0 aliphatic carbocycles. The van der Waals surface area contributed by atoms with E-state index in [1.54, 1.807) is 29.5 Å². The van der Waals surface area contributed by atoms with Gasteiger partial charge in [-0.05, 0) is 40.8 Å². The van der Waals surface area contributed by atoms with E-state index in [-0.39, 0.29) is 17.8 Å². The summed E-state index contributed by atoms with van der Waals surface area (Å²) in [6.45, 7) is 0. The molecule has 120 valence electrons. The monoisotopic (exact) mass is 337 g/mol. The van der Waals surface area contributed by atoms with Gasteiger partial charge in [0.25, 0.3) is 0 Å². The van der Waals surface area contributed by atoms with Crippen LogP contribution < -0.4 is 5.32 Å².